The lowest BCUT2D eigenvalue weighted by Gasteiger charge is -2.36. The number of benzene rings is 1. The number of aryl methyl sites for hydroxylation is 1. The fourth-order valence-corrected chi connectivity index (χ4v) is 3.86. The van der Waals surface area contributed by atoms with Crippen LogP contribution in [0.2, 0.25) is 0 Å². The number of amides is 1. The van der Waals surface area contributed by atoms with Crippen LogP contribution in [-0.2, 0) is 12.8 Å². The summed E-state index contributed by atoms with van der Waals surface area (Å²) >= 11 is 3.34. The third kappa shape index (κ3) is 4.24. The van der Waals surface area contributed by atoms with Gasteiger partial charge in [-0.05, 0) is 48.8 Å². The summed E-state index contributed by atoms with van der Waals surface area (Å²) in [6, 6.07) is 5.02. The topological polar surface area (TPSA) is 90.4 Å². The molecule has 7 heteroatoms. The average Bonchev–Trinajstić information content (AvgIpc) is 3.07. The molecule has 1 aliphatic rings. The number of hydrazone groups is 1. The molecule has 0 radical (unpaired) electrons. The lowest BCUT2D eigenvalue weighted by Crippen LogP contribution is -2.30. The Morgan fingerprint density at radius 2 is 2.30 bits per heavy atom. The number of nitrogens with one attached hydrogen (secondary N) is 2. The van der Waals surface area contributed by atoms with Gasteiger partial charge in [0, 0.05) is 21.3 Å². The molecule has 1 unspecified atom stereocenters. The molecule has 6 nitrogen and oxygen atoms in total. The fourth-order valence-electron chi connectivity index (χ4n) is 3.48. The Bertz CT molecular complexity index is 873. The van der Waals surface area contributed by atoms with E-state index in [1.165, 1.54) is 6.21 Å². The van der Waals surface area contributed by atoms with Gasteiger partial charge in [-0.3, -0.25) is 9.89 Å². The third-order valence-corrected chi connectivity index (χ3v) is 6.23. The molecule has 1 atom stereocenters. The van der Waals surface area contributed by atoms with Crippen LogP contribution in [-0.4, -0.2) is 27.4 Å². The highest BCUT2D eigenvalue weighted by Crippen LogP contribution is 2.40. The standard InChI is InChI=1S/C20H25BrN4O2/c1-4-20(2,3)13-5-7-16-15(10-13)18(24-23-16)19(27)25-22-11-12-9-14(21)6-8-17(12)26/h6,8-9,11,13,26H,4-5,7,10H2,1-3H3,(H,23,24)(H,25,27). The molecule has 0 spiro atoms. The number of nitrogens with zero attached hydrogens (tertiary/aromatic N) is 2. The van der Waals surface area contributed by atoms with Gasteiger partial charge in [-0.2, -0.15) is 10.2 Å². The minimum absolute atomic E-state index is 0.0954. The number of phenolic OH excluding ortho intramolecular Hbond substituents is 1. The van der Waals surface area contributed by atoms with Crippen molar-refractivity contribution < 1.29 is 9.90 Å². The zero-order chi connectivity index (χ0) is 19.6. The Kier molecular flexibility index (Phi) is 5.69. The van der Waals surface area contributed by atoms with Gasteiger partial charge in [0.1, 0.15) is 5.75 Å². The maximum atomic E-state index is 12.6. The summed E-state index contributed by atoms with van der Waals surface area (Å²) in [5, 5.41) is 21.0. The number of rotatable bonds is 5. The van der Waals surface area contributed by atoms with Gasteiger partial charge < -0.3 is 5.11 Å². The Balaban J connectivity index is 1.73. The van der Waals surface area contributed by atoms with Crippen molar-refractivity contribution in [2.45, 2.75) is 46.5 Å². The Labute approximate surface area is 167 Å². The first-order chi connectivity index (χ1) is 12.8. The molecule has 0 fully saturated rings. The Hall–Kier alpha value is -2.15. The lowest BCUT2D eigenvalue weighted by atomic mass is 9.69. The van der Waals surface area contributed by atoms with E-state index in [1.54, 1.807) is 18.2 Å². The molecule has 0 saturated carbocycles. The quantitative estimate of drug-likeness (QED) is 0.488. The predicted molar refractivity (Wildman–Crippen MR) is 109 cm³/mol. The van der Waals surface area contributed by atoms with Crippen LogP contribution in [0.15, 0.2) is 27.8 Å². The molecule has 0 saturated heterocycles. The second-order valence-corrected chi connectivity index (χ2v) is 8.63. The minimum Gasteiger partial charge on any atom is -0.507 e. The van der Waals surface area contributed by atoms with Crippen LogP contribution >= 0.6 is 15.9 Å². The second kappa shape index (κ2) is 7.84. The maximum absolute atomic E-state index is 12.6. The maximum Gasteiger partial charge on any atom is 0.292 e. The number of phenols is 1. The largest absolute Gasteiger partial charge is 0.507 e. The van der Waals surface area contributed by atoms with E-state index in [0.29, 0.717) is 17.2 Å². The van der Waals surface area contributed by atoms with E-state index >= 15 is 0 Å². The van der Waals surface area contributed by atoms with E-state index in [0.717, 1.165) is 41.4 Å². The summed E-state index contributed by atoms with van der Waals surface area (Å²) in [6.07, 6.45) is 5.40. The molecule has 1 amide bonds. The summed E-state index contributed by atoms with van der Waals surface area (Å²) in [5.41, 5.74) is 5.74. The monoisotopic (exact) mass is 432 g/mol. The number of hydrogen-bond acceptors (Lipinski definition) is 4. The summed E-state index contributed by atoms with van der Waals surface area (Å²) in [4.78, 5) is 12.6. The van der Waals surface area contributed by atoms with E-state index < -0.39 is 0 Å². The van der Waals surface area contributed by atoms with Crippen LogP contribution < -0.4 is 5.43 Å². The summed E-state index contributed by atoms with van der Waals surface area (Å²) in [5.74, 6) is 0.285. The van der Waals surface area contributed by atoms with Crippen LogP contribution in [0, 0.1) is 11.3 Å². The first-order valence-corrected chi connectivity index (χ1v) is 9.99. The zero-order valence-corrected chi connectivity index (χ0v) is 17.4. The molecule has 2 aromatic rings. The van der Waals surface area contributed by atoms with Gasteiger partial charge in [0.25, 0.3) is 5.91 Å². The number of H-pyrrole nitrogens is 1. The number of carbonyl (C=O) groups is 1. The van der Waals surface area contributed by atoms with Crippen molar-refractivity contribution in [1.29, 1.82) is 0 Å². The fraction of sp³-hybridized carbons (Fsp3) is 0.450. The molecule has 27 heavy (non-hydrogen) atoms. The van der Waals surface area contributed by atoms with Crippen molar-refractivity contribution in [1.82, 2.24) is 15.6 Å². The van der Waals surface area contributed by atoms with E-state index in [4.69, 9.17) is 0 Å². The smallest absolute Gasteiger partial charge is 0.292 e. The number of carbonyl (C=O) groups excluding carboxylic acids is 1. The van der Waals surface area contributed by atoms with Crippen molar-refractivity contribution >= 4 is 28.1 Å². The number of aromatic hydroxyl groups is 1. The van der Waals surface area contributed by atoms with Gasteiger partial charge in [0.2, 0.25) is 0 Å². The molecular formula is C20H25BrN4O2. The molecule has 144 valence electrons. The SMILES string of the molecule is CCC(C)(C)C1CCc2[nH]nc(C(=O)NN=Cc3cc(Br)ccc3O)c2C1. The van der Waals surface area contributed by atoms with Gasteiger partial charge in [-0.25, -0.2) is 5.43 Å². The molecule has 0 bridgehead atoms. The first kappa shape index (κ1) is 19.6. The van der Waals surface area contributed by atoms with E-state index in [2.05, 4.69) is 57.4 Å². The summed E-state index contributed by atoms with van der Waals surface area (Å²) in [6.45, 7) is 6.79. The highest BCUT2D eigenvalue weighted by atomic mass is 79.9. The summed E-state index contributed by atoms with van der Waals surface area (Å²) < 4.78 is 0.819. The van der Waals surface area contributed by atoms with Crippen molar-refractivity contribution in [3.05, 3.63) is 45.2 Å². The van der Waals surface area contributed by atoms with Crippen LogP contribution in [0.25, 0.3) is 0 Å². The molecule has 3 N–H and O–H groups in total. The first-order valence-electron chi connectivity index (χ1n) is 9.20. The Morgan fingerprint density at radius 3 is 3.04 bits per heavy atom. The number of aromatic nitrogens is 2. The summed E-state index contributed by atoms with van der Waals surface area (Å²) in [7, 11) is 0. The molecule has 1 aromatic heterocycles. The predicted octanol–water partition coefficient (Wildman–Crippen LogP) is 4.18. The highest BCUT2D eigenvalue weighted by molar-refractivity contribution is 9.10. The second-order valence-electron chi connectivity index (χ2n) is 7.71. The van der Waals surface area contributed by atoms with Crippen LogP contribution in [0.5, 0.6) is 5.75 Å². The van der Waals surface area contributed by atoms with Gasteiger partial charge in [-0.1, -0.05) is 43.1 Å². The van der Waals surface area contributed by atoms with Crippen molar-refractivity contribution in [3.63, 3.8) is 0 Å². The highest BCUT2D eigenvalue weighted by Gasteiger charge is 2.34. The number of halogens is 1. The Morgan fingerprint density at radius 1 is 1.52 bits per heavy atom. The van der Waals surface area contributed by atoms with Gasteiger partial charge in [0.05, 0.1) is 6.21 Å². The lowest BCUT2D eigenvalue weighted by molar-refractivity contribution is 0.0947. The van der Waals surface area contributed by atoms with Crippen LogP contribution in [0.4, 0.5) is 0 Å². The number of hydrogen-bond donors (Lipinski definition) is 3. The molecule has 0 aliphatic heterocycles. The average molecular weight is 433 g/mol. The van der Waals surface area contributed by atoms with E-state index in [1.807, 2.05) is 0 Å². The van der Waals surface area contributed by atoms with Crippen LogP contribution in [0.1, 0.15) is 60.9 Å². The zero-order valence-electron chi connectivity index (χ0n) is 15.8. The number of aromatic amines is 1. The third-order valence-electron chi connectivity index (χ3n) is 5.74. The molecule has 3 rings (SSSR count). The van der Waals surface area contributed by atoms with Crippen molar-refractivity contribution in [2.24, 2.45) is 16.4 Å². The molecule has 1 aromatic carbocycles. The number of fused-ring (bicyclic) bond motifs is 1. The van der Waals surface area contributed by atoms with Crippen molar-refractivity contribution in [2.75, 3.05) is 0 Å². The van der Waals surface area contributed by atoms with Crippen molar-refractivity contribution in [3.8, 4) is 5.75 Å². The minimum atomic E-state index is -0.340. The molecular weight excluding hydrogens is 408 g/mol. The van der Waals surface area contributed by atoms with E-state index in [-0.39, 0.29) is 17.1 Å². The molecule has 1 aliphatic carbocycles. The normalized spacial score (nSPS) is 17.1. The van der Waals surface area contributed by atoms with Gasteiger partial charge in [-0.15, -0.1) is 0 Å². The van der Waals surface area contributed by atoms with Gasteiger partial charge >= 0.3 is 0 Å². The molecule has 1 heterocycles. The van der Waals surface area contributed by atoms with Crippen LogP contribution in [0.3, 0.4) is 0 Å². The van der Waals surface area contributed by atoms with Gasteiger partial charge in [0.15, 0.2) is 5.69 Å². The van der Waals surface area contributed by atoms with E-state index in [9.17, 15) is 9.90 Å².